The van der Waals surface area contributed by atoms with Crippen LogP contribution in [0.1, 0.15) is 46.0 Å². The van der Waals surface area contributed by atoms with E-state index < -0.39 is 0 Å². The van der Waals surface area contributed by atoms with Crippen LogP contribution in [0.25, 0.3) is 0 Å². The maximum atomic E-state index is 11.5. The zero-order valence-electron chi connectivity index (χ0n) is 10.4. The number of hydrogen-bond donors (Lipinski definition) is 2. The summed E-state index contributed by atoms with van der Waals surface area (Å²) in [7, 11) is 0. The first kappa shape index (κ1) is 13.5. The van der Waals surface area contributed by atoms with Gasteiger partial charge in [0.25, 0.3) is 0 Å². The standard InChI is InChI=1S/C12H24N2O2/c1-10(13)5-3-6-11(15)14-9-12(2)7-4-8-16-12/h10H,3-9,13H2,1-2H3,(H,14,15). The number of carbonyl (C=O) groups is 1. The Labute approximate surface area is 97.9 Å². The molecule has 94 valence electrons. The molecule has 4 nitrogen and oxygen atoms in total. The number of hydrogen-bond acceptors (Lipinski definition) is 3. The second-order valence-electron chi connectivity index (χ2n) is 5.05. The van der Waals surface area contributed by atoms with E-state index in [0.29, 0.717) is 13.0 Å². The van der Waals surface area contributed by atoms with Crippen LogP contribution in [-0.2, 0) is 9.53 Å². The van der Waals surface area contributed by atoms with Crippen molar-refractivity contribution in [1.29, 1.82) is 0 Å². The third-order valence-electron chi connectivity index (χ3n) is 3.02. The van der Waals surface area contributed by atoms with Gasteiger partial charge in [0.1, 0.15) is 0 Å². The second-order valence-corrected chi connectivity index (χ2v) is 5.05. The number of amides is 1. The first-order valence-corrected chi connectivity index (χ1v) is 6.18. The van der Waals surface area contributed by atoms with Crippen LogP contribution in [0.15, 0.2) is 0 Å². The van der Waals surface area contributed by atoms with Crippen molar-refractivity contribution in [3.63, 3.8) is 0 Å². The van der Waals surface area contributed by atoms with E-state index in [9.17, 15) is 4.79 Å². The summed E-state index contributed by atoms with van der Waals surface area (Å²) >= 11 is 0. The van der Waals surface area contributed by atoms with Crippen LogP contribution in [0.4, 0.5) is 0 Å². The molecule has 0 radical (unpaired) electrons. The lowest BCUT2D eigenvalue weighted by atomic mass is 10.0. The van der Waals surface area contributed by atoms with Crippen LogP contribution in [-0.4, -0.2) is 30.7 Å². The van der Waals surface area contributed by atoms with E-state index in [4.69, 9.17) is 10.5 Å². The van der Waals surface area contributed by atoms with Crippen molar-refractivity contribution in [1.82, 2.24) is 5.32 Å². The van der Waals surface area contributed by atoms with Crippen LogP contribution in [0.3, 0.4) is 0 Å². The fraction of sp³-hybridized carbons (Fsp3) is 0.917. The van der Waals surface area contributed by atoms with Crippen molar-refractivity contribution in [2.75, 3.05) is 13.2 Å². The minimum atomic E-state index is -0.142. The van der Waals surface area contributed by atoms with Crippen LogP contribution in [0.2, 0.25) is 0 Å². The molecule has 4 heteroatoms. The lowest BCUT2D eigenvalue weighted by molar-refractivity contribution is -0.122. The summed E-state index contributed by atoms with van der Waals surface area (Å²) in [5.41, 5.74) is 5.48. The zero-order chi connectivity index (χ0) is 12.0. The van der Waals surface area contributed by atoms with Gasteiger partial charge in [-0.2, -0.15) is 0 Å². The van der Waals surface area contributed by atoms with E-state index in [-0.39, 0.29) is 17.6 Å². The highest BCUT2D eigenvalue weighted by atomic mass is 16.5. The van der Waals surface area contributed by atoms with E-state index in [2.05, 4.69) is 12.2 Å². The smallest absolute Gasteiger partial charge is 0.220 e. The van der Waals surface area contributed by atoms with Gasteiger partial charge >= 0.3 is 0 Å². The van der Waals surface area contributed by atoms with E-state index >= 15 is 0 Å². The summed E-state index contributed by atoms with van der Waals surface area (Å²) in [6.45, 7) is 5.47. The molecule has 1 aliphatic rings. The molecule has 0 saturated carbocycles. The van der Waals surface area contributed by atoms with E-state index in [0.717, 1.165) is 32.3 Å². The first-order chi connectivity index (χ1) is 7.52. The largest absolute Gasteiger partial charge is 0.373 e. The topological polar surface area (TPSA) is 64.4 Å². The molecule has 3 N–H and O–H groups in total. The molecular formula is C12H24N2O2. The third-order valence-corrected chi connectivity index (χ3v) is 3.02. The van der Waals surface area contributed by atoms with Crippen molar-refractivity contribution < 1.29 is 9.53 Å². The Hall–Kier alpha value is -0.610. The third kappa shape index (κ3) is 4.94. The monoisotopic (exact) mass is 228 g/mol. The van der Waals surface area contributed by atoms with Gasteiger partial charge in [-0.3, -0.25) is 4.79 Å². The Morgan fingerprint density at radius 3 is 2.94 bits per heavy atom. The number of rotatable bonds is 6. The van der Waals surface area contributed by atoms with E-state index in [1.54, 1.807) is 0 Å². The maximum Gasteiger partial charge on any atom is 0.220 e. The highest BCUT2D eigenvalue weighted by Crippen LogP contribution is 2.23. The molecular weight excluding hydrogens is 204 g/mol. The minimum absolute atomic E-state index is 0.109. The van der Waals surface area contributed by atoms with Gasteiger partial charge in [0.2, 0.25) is 5.91 Å². The Balaban J connectivity index is 2.10. The normalized spacial score (nSPS) is 26.7. The molecule has 0 aromatic carbocycles. The Morgan fingerprint density at radius 1 is 1.62 bits per heavy atom. The average molecular weight is 228 g/mol. The van der Waals surface area contributed by atoms with Gasteiger partial charge in [0.15, 0.2) is 0 Å². The molecule has 2 atom stereocenters. The number of carbonyl (C=O) groups excluding carboxylic acids is 1. The predicted molar refractivity (Wildman–Crippen MR) is 64.1 cm³/mol. The molecule has 1 rings (SSSR count). The molecule has 1 saturated heterocycles. The van der Waals surface area contributed by atoms with Crippen LogP contribution >= 0.6 is 0 Å². The summed E-state index contributed by atoms with van der Waals surface area (Å²) in [5.74, 6) is 0.109. The average Bonchev–Trinajstić information content (AvgIpc) is 2.62. The quantitative estimate of drug-likeness (QED) is 0.717. The molecule has 0 aromatic rings. The molecule has 1 heterocycles. The maximum absolute atomic E-state index is 11.5. The Morgan fingerprint density at radius 2 is 2.38 bits per heavy atom. The van der Waals surface area contributed by atoms with E-state index in [1.165, 1.54) is 0 Å². The summed E-state index contributed by atoms with van der Waals surface area (Å²) in [6.07, 6.45) is 4.46. The highest BCUT2D eigenvalue weighted by Gasteiger charge is 2.29. The van der Waals surface area contributed by atoms with Crippen LogP contribution < -0.4 is 11.1 Å². The summed E-state index contributed by atoms with van der Waals surface area (Å²) in [6, 6.07) is 0.184. The summed E-state index contributed by atoms with van der Waals surface area (Å²) in [4.78, 5) is 11.5. The SMILES string of the molecule is CC(N)CCCC(=O)NCC1(C)CCCO1. The molecule has 0 aromatic heterocycles. The van der Waals surface area contributed by atoms with Crippen LogP contribution in [0.5, 0.6) is 0 Å². The summed E-state index contributed by atoms with van der Waals surface area (Å²) in [5, 5.41) is 2.93. The molecule has 1 aliphatic heterocycles. The lowest BCUT2D eigenvalue weighted by Crippen LogP contribution is -2.40. The number of nitrogens with one attached hydrogen (secondary N) is 1. The molecule has 0 spiro atoms. The van der Waals surface area contributed by atoms with E-state index in [1.807, 2.05) is 6.92 Å². The lowest BCUT2D eigenvalue weighted by Gasteiger charge is -2.23. The van der Waals surface area contributed by atoms with Crippen molar-refractivity contribution in [3.8, 4) is 0 Å². The molecule has 16 heavy (non-hydrogen) atoms. The summed E-state index contributed by atoms with van der Waals surface area (Å²) < 4.78 is 5.60. The van der Waals surface area contributed by atoms with Gasteiger partial charge in [0.05, 0.1) is 5.60 Å². The predicted octanol–water partition coefficient (Wildman–Crippen LogP) is 1.19. The second kappa shape index (κ2) is 6.21. The highest BCUT2D eigenvalue weighted by molar-refractivity contribution is 5.75. The molecule has 0 aliphatic carbocycles. The Kier molecular flexibility index (Phi) is 5.22. The number of nitrogens with two attached hydrogens (primary N) is 1. The fourth-order valence-corrected chi connectivity index (χ4v) is 1.93. The molecule has 1 fully saturated rings. The van der Waals surface area contributed by atoms with Gasteiger partial charge in [-0.15, -0.1) is 0 Å². The van der Waals surface area contributed by atoms with Crippen molar-refractivity contribution >= 4 is 5.91 Å². The van der Waals surface area contributed by atoms with Crippen molar-refractivity contribution in [2.45, 2.75) is 57.6 Å². The van der Waals surface area contributed by atoms with Gasteiger partial charge in [-0.1, -0.05) is 0 Å². The Bertz CT molecular complexity index is 223. The molecule has 1 amide bonds. The number of ether oxygens (including phenoxy) is 1. The first-order valence-electron chi connectivity index (χ1n) is 6.18. The van der Waals surface area contributed by atoms with Gasteiger partial charge in [0, 0.05) is 25.6 Å². The minimum Gasteiger partial charge on any atom is -0.373 e. The molecule has 2 unspecified atom stereocenters. The fourth-order valence-electron chi connectivity index (χ4n) is 1.93. The molecule has 0 bridgehead atoms. The van der Waals surface area contributed by atoms with Crippen molar-refractivity contribution in [2.24, 2.45) is 5.73 Å². The van der Waals surface area contributed by atoms with Gasteiger partial charge < -0.3 is 15.8 Å². The van der Waals surface area contributed by atoms with Crippen molar-refractivity contribution in [3.05, 3.63) is 0 Å². The zero-order valence-corrected chi connectivity index (χ0v) is 10.4. The van der Waals surface area contributed by atoms with Crippen LogP contribution in [0, 0.1) is 0 Å². The van der Waals surface area contributed by atoms with Gasteiger partial charge in [-0.05, 0) is 39.5 Å². The van der Waals surface area contributed by atoms with Gasteiger partial charge in [-0.25, -0.2) is 0 Å².